The fraction of sp³-hybridized carbons (Fsp3) is 0.600. The molecule has 0 radical (unpaired) electrons. The molecule has 0 spiro atoms. The van der Waals surface area contributed by atoms with Gasteiger partial charge in [0.15, 0.2) is 0 Å². The summed E-state index contributed by atoms with van der Waals surface area (Å²) in [5.74, 6) is -0.0831. The number of benzene rings is 1. The Morgan fingerprint density at radius 3 is 2.70 bits per heavy atom. The predicted molar refractivity (Wildman–Crippen MR) is 105 cm³/mol. The van der Waals surface area contributed by atoms with Crippen molar-refractivity contribution in [2.24, 2.45) is 5.92 Å². The van der Waals surface area contributed by atoms with Crippen molar-refractivity contribution in [3.8, 4) is 0 Å². The zero-order chi connectivity index (χ0) is 19.2. The van der Waals surface area contributed by atoms with Gasteiger partial charge in [-0.2, -0.15) is 0 Å². The molecule has 27 heavy (non-hydrogen) atoms. The largest absolute Gasteiger partial charge is 0.379 e. The fourth-order valence-corrected chi connectivity index (χ4v) is 4.15. The minimum Gasteiger partial charge on any atom is -0.379 e. The van der Waals surface area contributed by atoms with E-state index in [0.29, 0.717) is 31.3 Å². The highest BCUT2D eigenvalue weighted by Crippen LogP contribution is 2.28. The van der Waals surface area contributed by atoms with Crippen LogP contribution in [-0.4, -0.2) is 67.6 Å². The maximum atomic E-state index is 12.7. The lowest BCUT2D eigenvalue weighted by Gasteiger charge is -2.36. The molecule has 2 aliphatic heterocycles. The number of rotatable bonds is 5. The number of ether oxygens (including phenoxy) is 1. The molecule has 0 saturated carbocycles. The molecule has 148 valence electrons. The monoisotopic (exact) mass is 393 g/mol. The maximum absolute atomic E-state index is 12.7. The van der Waals surface area contributed by atoms with E-state index >= 15 is 0 Å². The van der Waals surface area contributed by atoms with Gasteiger partial charge in [-0.15, -0.1) is 0 Å². The summed E-state index contributed by atoms with van der Waals surface area (Å²) in [5.41, 5.74) is 1.02. The molecule has 2 saturated heterocycles. The Morgan fingerprint density at radius 1 is 1.26 bits per heavy atom. The third-order valence-corrected chi connectivity index (χ3v) is 5.80. The highest BCUT2D eigenvalue weighted by molar-refractivity contribution is 6.31. The number of morpholine rings is 1. The van der Waals surface area contributed by atoms with E-state index in [1.54, 1.807) is 11.8 Å². The van der Waals surface area contributed by atoms with Crippen molar-refractivity contribution in [1.29, 1.82) is 0 Å². The minimum atomic E-state index is -0.140. The number of nitrogens with one attached hydrogen (secondary N) is 1. The lowest BCUT2D eigenvalue weighted by molar-refractivity contribution is -0.134. The fourth-order valence-electron chi connectivity index (χ4n) is 3.89. The van der Waals surface area contributed by atoms with Crippen LogP contribution in [0, 0.1) is 5.92 Å². The average Bonchev–Trinajstić information content (AvgIpc) is 2.70. The van der Waals surface area contributed by atoms with Gasteiger partial charge in [-0.05, 0) is 24.5 Å². The number of carbonyl (C=O) groups excluding carboxylic acids is 2. The van der Waals surface area contributed by atoms with Crippen molar-refractivity contribution in [1.82, 2.24) is 15.1 Å². The van der Waals surface area contributed by atoms with Crippen LogP contribution in [0.2, 0.25) is 5.02 Å². The SMILES string of the molecule is CC(=O)N1CCC[C@@H](C(=O)NC[C@@H](c2ccccc2Cl)N2CCOCC2)C1. The third kappa shape index (κ3) is 5.21. The van der Waals surface area contributed by atoms with Crippen LogP contribution in [0.15, 0.2) is 24.3 Å². The summed E-state index contributed by atoms with van der Waals surface area (Å²) >= 11 is 6.44. The van der Waals surface area contributed by atoms with Gasteiger partial charge in [0.2, 0.25) is 11.8 Å². The first kappa shape index (κ1) is 20.1. The van der Waals surface area contributed by atoms with Gasteiger partial charge in [0, 0.05) is 44.7 Å². The van der Waals surface area contributed by atoms with E-state index < -0.39 is 0 Å². The number of hydrogen-bond donors (Lipinski definition) is 1. The predicted octanol–water partition coefficient (Wildman–Crippen LogP) is 2.09. The number of hydrogen-bond acceptors (Lipinski definition) is 4. The molecule has 0 aliphatic carbocycles. The van der Waals surface area contributed by atoms with Gasteiger partial charge < -0.3 is 15.0 Å². The lowest BCUT2D eigenvalue weighted by atomic mass is 9.96. The highest BCUT2D eigenvalue weighted by atomic mass is 35.5. The maximum Gasteiger partial charge on any atom is 0.224 e. The van der Waals surface area contributed by atoms with E-state index in [0.717, 1.165) is 38.0 Å². The second-order valence-electron chi connectivity index (χ2n) is 7.23. The first-order valence-electron chi connectivity index (χ1n) is 9.65. The van der Waals surface area contributed by atoms with Gasteiger partial charge in [0.25, 0.3) is 0 Å². The van der Waals surface area contributed by atoms with Gasteiger partial charge in [0.1, 0.15) is 0 Å². The van der Waals surface area contributed by atoms with Crippen LogP contribution in [0.5, 0.6) is 0 Å². The Balaban J connectivity index is 1.66. The van der Waals surface area contributed by atoms with Crippen LogP contribution in [-0.2, 0) is 14.3 Å². The molecule has 1 aromatic carbocycles. The van der Waals surface area contributed by atoms with Crippen LogP contribution < -0.4 is 5.32 Å². The standard InChI is InChI=1S/C20H28ClN3O3/c1-15(25)24-8-4-5-16(14-24)20(26)22-13-19(23-9-11-27-12-10-23)17-6-2-3-7-18(17)21/h2-3,6-7,16,19H,4-5,8-14H2,1H3,(H,22,26)/t16-,19+/m1/s1. The number of nitrogens with zero attached hydrogens (tertiary/aromatic N) is 2. The summed E-state index contributed by atoms with van der Waals surface area (Å²) in [4.78, 5) is 28.4. The second kappa shape index (κ2) is 9.53. The van der Waals surface area contributed by atoms with Crippen molar-refractivity contribution in [2.45, 2.75) is 25.8 Å². The van der Waals surface area contributed by atoms with Crippen LogP contribution in [0.25, 0.3) is 0 Å². The van der Waals surface area contributed by atoms with Crippen molar-refractivity contribution in [3.63, 3.8) is 0 Å². The number of piperidine rings is 1. The second-order valence-corrected chi connectivity index (χ2v) is 7.64. The quantitative estimate of drug-likeness (QED) is 0.832. The van der Waals surface area contributed by atoms with Crippen molar-refractivity contribution >= 4 is 23.4 Å². The molecule has 2 fully saturated rings. The van der Waals surface area contributed by atoms with Crippen molar-refractivity contribution in [2.75, 3.05) is 45.9 Å². The highest BCUT2D eigenvalue weighted by Gasteiger charge is 2.29. The first-order chi connectivity index (χ1) is 13.1. The van der Waals surface area contributed by atoms with Crippen molar-refractivity contribution < 1.29 is 14.3 Å². The molecule has 1 N–H and O–H groups in total. The van der Waals surface area contributed by atoms with Crippen LogP contribution in [0.4, 0.5) is 0 Å². The molecule has 1 aromatic rings. The van der Waals surface area contributed by atoms with Gasteiger partial charge >= 0.3 is 0 Å². The molecular formula is C20H28ClN3O3. The summed E-state index contributed by atoms with van der Waals surface area (Å²) in [6.45, 7) is 6.31. The van der Waals surface area contributed by atoms with Gasteiger partial charge in [-0.3, -0.25) is 14.5 Å². The lowest BCUT2D eigenvalue weighted by Crippen LogP contribution is -2.48. The summed E-state index contributed by atoms with van der Waals surface area (Å²) in [6, 6.07) is 7.81. The topological polar surface area (TPSA) is 61.9 Å². The Morgan fingerprint density at radius 2 is 2.00 bits per heavy atom. The summed E-state index contributed by atoms with van der Waals surface area (Å²) < 4.78 is 5.47. The molecule has 2 atom stereocenters. The minimum absolute atomic E-state index is 0.0130. The zero-order valence-corrected chi connectivity index (χ0v) is 16.6. The van der Waals surface area contributed by atoms with E-state index in [9.17, 15) is 9.59 Å². The molecule has 0 bridgehead atoms. The first-order valence-corrected chi connectivity index (χ1v) is 10.0. The smallest absolute Gasteiger partial charge is 0.224 e. The van der Waals surface area contributed by atoms with Gasteiger partial charge in [-0.1, -0.05) is 29.8 Å². The zero-order valence-electron chi connectivity index (χ0n) is 15.8. The molecule has 0 unspecified atom stereocenters. The number of amides is 2. The molecular weight excluding hydrogens is 366 g/mol. The Hall–Kier alpha value is -1.63. The summed E-state index contributed by atoms with van der Waals surface area (Å²) in [5, 5.41) is 3.83. The molecule has 0 aromatic heterocycles. The van der Waals surface area contributed by atoms with E-state index in [-0.39, 0.29) is 23.8 Å². The van der Waals surface area contributed by atoms with Crippen LogP contribution in [0.1, 0.15) is 31.4 Å². The average molecular weight is 394 g/mol. The Labute approximate surface area is 165 Å². The third-order valence-electron chi connectivity index (χ3n) is 5.46. The molecule has 2 amide bonds. The number of carbonyl (C=O) groups is 2. The van der Waals surface area contributed by atoms with Gasteiger partial charge in [0.05, 0.1) is 25.2 Å². The van der Waals surface area contributed by atoms with Crippen molar-refractivity contribution in [3.05, 3.63) is 34.9 Å². The Bertz CT molecular complexity index is 664. The molecule has 2 aliphatic rings. The van der Waals surface area contributed by atoms with E-state index in [2.05, 4.69) is 10.2 Å². The molecule has 6 nitrogen and oxygen atoms in total. The number of likely N-dealkylation sites (tertiary alicyclic amines) is 1. The summed E-state index contributed by atoms with van der Waals surface area (Å²) in [6.07, 6.45) is 1.69. The van der Waals surface area contributed by atoms with Crippen LogP contribution >= 0.6 is 11.6 Å². The van der Waals surface area contributed by atoms with E-state index in [4.69, 9.17) is 16.3 Å². The molecule has 3 rings (SSSR count). The number of halogens is 1. The molecule has 7 heteroatoms. The van der Waals surface area contributed by atoms with E-state index in [1.165, 1.54) is 0 Å². The molecule has 2 heterocycles. The van der Waals surface area contributed by atoms with E-state index in [1.807, 2.05) is 24.3 Å². The normalized spacial score (nSPS) is 22.3. The summed E-state index contributed by atoms with van der Waals surface area (Å²) in [7, 11) is 0. The Kier molecular flexibility index (Phi) is 7.10. The van der Waals surface area contributed by atoms with Crippen LogP contribution in [0.3, 0.4) is 0 Å². The van der Waals surface area contributed by atoms with Gasteiger partial charge in [-0.25, -0.2) is 0 Å².